The number of aliphatic hydroxyl groups is 16. The van der Waals surface area contributed by atoms with Crippen LogP contribution in [0.3, 0.4) is 0 Å². The van der Waals surface area contributed by atoms with Gasteiger partial charge in [-0.25, -0.2) is 9.97 Å². The maximum absolute atomic E-state index is 10.8. The summed E-state index contributed by atoms with van der Waals surface area (Å²) in [7, 11) is 0. The Hall–Kier alpha value is -8.12. The van der Waals surface area contributed by atoms with E-state index >= 15 is 0 Å². The summed E-state index contributed by atoms with van der Waals surface area (Å²) in [5.41, 5.74) is 8.73. The van der Waals surface area contributed by atoms with E-state index in [4.69, 9.17) is 47.9 Å². The van der Waals surface area contributed by atoms with Gasteiger partial charge in [0.15, 0.2) is 0 Å². The minimum atomic E-state index is -1.69. The number of ether oxygens (including phenoxy) is 8. The molecule has 8 bridgehead atoms. The maximum Gasteiger partial charge on any atom is 0.229 e. The van der Waals surface area contributed by atoms with Crippen LogP contribution in [0.25, 0.3) is 90.9 Å². The molecule has 4 fully saturated rings. The van der Waals surface area contributed by atoms with Gasteiger partial charge in [-0.05, 0) is 119 Å². The van der Waals surface area contributed by atoms with E-state index in [1.807, 2.05) is 48.6 Å². The van der Waals surface area contributed by atoms with Gasteiger partial charge in [-0.1, -0.05) is 48.5 Å². The highest BCUT2D eigenvalue weighted by molar-refractivity contribution is 6.00. The van der Waals surface area contributed by atoms with Gasteiger partial charge in [-0.15, -0.1) is 0 Å². The highest BCUT2D eigenvalue weighted by Crippen LogP contribution is 2.41. The molecule has 3 aromatic heterocycles. The molecule has 4 saturated heterocycles. The number of H-pyrrole nitrogens is 2. The molecular formula is C68H70N4O24. The SMILES string of the molecule is OC[C@H]1O[C@@H](Oc2ccc(-c3c4nc(c(-c5ccc(O[C@@H]6O[C@H](CO)[C@H](O)[C@H](O)[C@H]6O)cc5)c5ccc([nH]5)c(-c5ccc(O[C@@H]6O[C@H](CO)[C@H](O)[C@H](O)[C@H]6O)cc5)c5nc(c(-c6ccc(O[C@@H]7O[C@H](CO)[C@H](O)[C@H](O)[C@H]7O)cc6)c6ccc3[nH]6)C=C5)C=C4)cc2)[C@H](O)[C@@H](O)[C@H]1O. The van der Waals surface area contributed by atoms with Gasteiger partial charge in [0.1, 0.15) is 121 Å². The first-order valence-electron chi connectivity index (χ1n) is 30.8. The minimum Gasteiger partial charge on any atom is -0.462 e. The Kier molecular flexibility index (Phi) is 19.2. The lowest BCUT2D eigenvalue weighted by atomic mass is 9.99. The van der Waals surface area contributed by atoms with Crippen LogP contribution in [0.4, 0.5) is 0 Å². The third kappa shape index (κ3) is 12.8. The summed E-state index contributed by atoms with van der Waals surface area (Å²) < 4.78 is 46.6. The van der Waals surface area contributed by atoms with Crippen molar-refractivity contribution < 1.29 is 120 Å². The fourth-order valence-electron chi connectivity index (χ4n) is 12.4. The number of hydrogen-bond donors (Lipinski definition) is 18. The summed E-state index contributed by atoms with van der Waals surface area (Å²) >= 11 is 0. The van der Waals surface area contributed by atoms with Gasteiger partial charge in [-0.2, -0.15) is 0 Å². The largest absolute Gasteiger partial charge is 0.462 e. The molecule has 4 aromatic carbocycles. The smallest absolute Gasteiger partial charge is 0.229 e. The quantitative estimate of drug-likeness (QED) is 0.0607. The van der Waals surface area contributed by atoms with Crippen LogP contribution >= 0.6 is 0 Å². The van der Waals surface area contributed by atoms with Crippen molar-refractivity contribution in [2.45, 2.75) is 123 Å². The molecule has 18 N–H and O–H groups in total. The van der Waals surface area contributed by atoms with Gasteiger partial charge < -0.3 is 130 Å². The highest BCUT2D eigenvalue weighted by atomic mass is 16.7. The monoisotopic (exact) mass is 1330 g/mol. The number of nitrogens with one attached hydrogen (secondary N) is 2. The van der Waals surface area contributed by atoms with Crippen molar-refractivity contribution in [3.05, 3.63) is 144 Å². The van der Waals surface area contributed by atoms with Gasteiger partial charge in [0.2, 0.25) is 25.2 Å². The van der Waals surface area contributed by atoms with Crippen LogP contribution in [0.1, 0.15) is 22.8 Å². The number of rotatable bonds is 16. The van der Waals surface area contributed by atoms with Gasteiger partial charge in [0.25, 0.3) is 0 Å². The second kappa shape index (κ2) is 27.8. The predicted molar refractivity (Wildman–Crippen MR) is 338 cm³/mol. The molecule has 506 valence electrons. The zero-order valence-electron chi connectivity index (χ0n) is 50.5. The lowest BCUT2D eigenvalue weighted by Gasteiger charge is -2.39. The van der Waals surface area contributed by atoms with Gasteiger partial charge in [-0.3, -0.25) is 0 Å². The van der Waals surface area contributed by atoms with Crippen LogP contribution in [-0.4, -0.2) is 251 Å². The predicted octanol–water partition coefficient (Wildman–Crippen LogP) is 0.0384. The summed E-state index contributed by atoms with van der Waals surface area (Å²) in [5.74, 6) is 0.772. The lowest BCUT2D eigenvalue weighted by molar-refractivity contribution is -0.277. The van der Waals surface area contributed by atoms with E-state index in [-0.39, 0.29) is 23.0 Å². The molecule has 0 amide bonds. The molecule has 0 saturated carbocycles. The standard InChI is InChI=1S/C68H70N4O24/c73-25-45-53(77)57(81)61(85)65(93-45)89-33-9-1-29(2-10-33)49-37-17-19-39(69-37)50(30-3-11-34(12-4-30)90-66-62(86)58(82)54(78)46(26-74)94-66)41-21-23-43(71-41)52(32-7-15-36(16-8-32)92-68-64(88)60(84)56(80)48(28-76)96-68)44-24-22-42(72-44)51(40-20-18-38(49)70-40)31-5-13-35(14-6-31)91-67-63(87)59(83)55(79)47(27-75)95-67/h1-24,45-48,53-69,72-88H,25-28H2/t45-,46-,47-,48-,53+,54+,55+,56+,57+,58+,59+,60+,61-,62-,63-,64-,65-,66-,67-,68-/m1/s1. The lowest BCUT2D eigenvalue weighted by Crippen LogP contribution is -2.60. The Morgan fingerprint density at radius 3 is 0.656 bits per heavy atom. The van der Waals surface area contributed by atoms with Crippen LogP contribution in [-0.2, 0) is 18.9 Å². The molecule has 6 aliphatic rings. The van der Waals surface area contributed by atoms with Crippen molar-refractivity contribution in [2.24, 2.45) is 0 Å². The first-order valence-corrected chi connectivity index (χ1v) is 30.8. The average Bonchev–Trinajstić information content (AvgIpc) is 1.66. The molecule has 7 aromatic rings. The van der Waals surface area contributed by atoms with Crippen molar-refractivity contribution in [3.8, 4) is 67.5 Å². The van der Waals surface area contributed by atoms with Crippen LogP contribution in [0.15, 0.2) is 121 Å². The van der Waals surface area contributed by atoms with Crippen molar-refractivity contribution in [3.63, 3.8) is 0 Å². The fraction of sp³-hybridized carbons (Fsp3) is 0.353. The molecule has 0 spiro atoms. The van der Waals surface area contributed by atoms with Crippen molar-refractivity contribution in [1.82, 2.24) is 19.9 Å². The maximum atomic E-state index is 10.8. The Labute approximate surface area is 544 Å². The zero-order chi connectivity index (χ0) is 67.4. The molecule has 28 nitrogen and oxygen atoms in total. The third-order valence-electron chi connectivity index (χ3n) is 17.7. The average molecular weight is 1330 g/mol. The fourth-order valence-corrected chi connectivity index (χ4v) is 12.4. The summed E-state index contributed by atoms with van der Waals surface area (Å²) in [6.45, 7) is -2.65. The number of nitrogens with zero attached hydrogens (tertiary/aromatic N) is 2. The molecular weight excluding hydrogens is 1260 g/mol. The zero-order valence-corrected chi connectivity index (χ0v) is 50.5. The van der Waals surface area contributed by atoms with Gasteiger partial charge in [0, 0.05) is 44.3 Å². The summed E-state index contributed by atoms with van der Waals surface area (Å²) in [4.78, 5) is 18.0. The topological polar surface area (TPSA) is 455 Å². The molecule has 0 aliphatic carbocycles. The number of aliphatic hydroxyl groups excluding tert-OH is 16. The second-order valence-corrected chi connectivity index (χ2v) is 23.9. The summed E-state index contributed by atoms with van der Waals surface area (Å²) in [5, 5.41) is 167. The molecule has 20 atom stereocenters. The van der Waals surface area contributed by atoms with Crippen molar-refractivity contribution >= 4 is 46.4 Å². The third-order valence-corrected chi connectivity index (χ3v) is 17.7. The second-order valence-electron chi connectivity index (χ2n) is 23.9. The van der Waals surface area contributed by atoms with Crippen LogP contribution in [0.5, 0.6) is 23.0 Å². The Morgan fingerprint density at radius 2 is 0.469 bits per heavy atom. The number of aromatic amines is 2. The minimum absolute atomic E-state index is 0.193. The normalized spacial score (nSPS) is 31.2. The summed E-state index contributed by atoms with van der Waals surface area (Å²) in [6.07, 6.45) is -23.4. The first kappa shape index (κ1) is 66.5. The van der Waals surface area contributed by atoms with Gasteiger partial charge in [0.05, 0.1) is 49.2 Å². The van der Waals surface area contributed by atoms with Crippen LogP contribution < -0.4 is 18.9 Å². The molecule has 0 radical (unpaired) electrons. The van der Waals surface area contributed by atoms with E-state index in [1.54, 1.807) is 97.1 Å². The van der Waals surface area contributed by atoms with Crippen molar-refractivity contribution in [1.29, 1.82) is 0 Å². The molecule has 13 rings (SSSR count). The first-order chi connectivity index (χ1) is 46.3. The van der Waals surface area contributed by atoms with E-state index in [0.717, 1.165) is 0 Å². The highest BCUT2D eigenvalue weighted by Gasteiger charge is 2.48. The van der Waals surface area contributed by atoms with Gasteiger partial charge >= 0.3 is 0 Å². The Morgan fingerprint density at radius 1 is 0.271 bits per heavy atom. The number of aromatic nitrogens is 4. The number of benzene rings is 4. The molecule has 9 heterocycles. The van der Waals surface area contributed by atoms with E-state index in [0.29, 0.717) is 89.4 Å². The molecule has 0 unspecified atom stereocenters. The van der Waals surface area contributed by atoms with E-state index in [9.17, 15) is 81.7 Å². The Bertz CT molecular complexity index is 3610. The number of fused-ring (bicyclic) bond motifs is 8. The van der Waals surface area contributed by atoms with Crippen LogP contribution in [0.2, 0.25) is 0 Å². The Balaban J connectivity index is 0.980. The number of hydrogen-bond acceptors (Lipinski definition) is 26. The van der Waals surface area contributed by atoms with Crippen LogP contribution in [0, 0.1) is 0 Å². The van der Waals surface area contributed by atoms with E-state index < -0.39 is 149 Å². The van der Waals surface area contributed by atoms with Crippen molar-refractivity contribution in [2.75, 3.05) is 26.4 Å². The molecule has 6 aliphatic heterocycles. The van der Waals surface area contributed by atoms with E-state index in [2.05, 4.69) is 9.97 Å². The van der Waals surface area contributed by atoms with E-state index in [1.165, 1.54) is 0 Å². The summed E-state index contributed by atoms with van der Waals surface area (Å²) in [6, 6.07) is 34.2. The molecule has 28 heteroatoms. The molecule has 96 heavy (non-hydrogen) atoms.